The van der Waals surface area contributed by atoms with Crippen LogP contribution in [-0.4, -0.2) is 29.1 Å². The Morgan fingerprint density at radius 3 is 0.920 bits per heavy atom. The predicted octanol–water partition coefficient (Wildman–Crippen LogP) is 5.63. The van der Waals surface area contributed by atoms with Crippen LogP contribution in [0.4, 0.5) is 52.7 Å². The molecule has 0 N–H and O–H groups in total. The van der Waals surface area contributed by atoms with E-state index in [1.54, 1.807) is 0 Å². The van der Waals surface area contributed by atoms with Crippen LogP contribution in [0.3, 0.4) is 0 Å². The normalized spacial score (nSPS) is 12.3. The van der Waals surface area contributed by atoms with Crippen molar-refractivity contribution in [1.29, 1.82) is 21.0 Å². The molecule has 5 aromatic rings. The summed E-state index contributed by atoms with van der Waals surface area (Å²) < 4.78 is 165. The van der Waals surface area contributed by atoms with Crippen LogP contribution in [0.2, 0.25) is 0 Å². The zero-order chi connectivity index (χ0) is 37.1. The van der Waals surface area contributed by atoms with Crippen molar-refractivity contribution >= 4 is 33.7 Å². The summed E-state index contributed by atoms with van der Waals surface area (Å²) >= 11 is 0. The molecule has 0 bridgehead atoms. The van der Waals surface area contributed by atoms with Gasteiger partial charge in [-0.1, -0.05) is 0 Å². The van der Waals surface area contributed by atoms with Gasteiger partial charge in [-0.3, -0.25) is 9.13 Å². The molecule has 0 spiro atoms. The second-order valence-corrected chi connectivity index (χ2v) is 9.79. The van der Waals surface area contributed by atoms with Crippen molar-refractivity contribution in [1.82, 2.24) is 29.1 Å². The molecule has 0 atom stereocenters. The molecule has 3 heterocycles. The summed E-state index contributed by atoms with van der Waals surface area (Å²) in [5.74, 6) is 0. The van der Waals surface area contributed by atoms with Gasteiger partial charge in [0.15, 0.2) is 33.4 Å². The summed E-state index contributed by atoms with van der Waals surface area (Å²) in [6.07, 6.45) is -21.5. The quantitative estimate of drug-likeness (QED) is 0.214. The fraction of sp³-hybridized carbons (Fsp3) is 0.143. The highest BCUT2D eigenvalue weighted by Crippen LogP contribution is 2.39. The third-order valence-electron chi connectivity index (χ3n) is 6.65. The number of halogens is 12. The smallest absolute Gasteiger partial charge is 0.274 e. The van der Waals surface area contributed by atoms with E-state index in [-0.39, 0.29) is 36.4 Å². The molecule has 0 aliphatic carbocycles. The molecule has 252 valence electrons. The molecule has 10 nitrogen and oxygen atoms in total. The third kappa shape index (κ3) is 6.06. The van der Waals surface area contributed by atoms with Crippen LogP contribution in [0, 0.1) is 45.3 Å². The lowest BCUT2D eigenvalue weighted by Gasteiger charge is -2.15. The second-order valence-electron chi connectivity index (χ2n) is 9.79. The van der Waals surface area contributed by atoms with E-state index in [0.29, 0.717) is 9.13 Å². The van der Waals surface area contributed by atoms with E-state index in [0.717, 1.165) is 0 Å². The maximum atomic E-state index is 13.7. The first-order valence-electron chi connectivity index (χ1n) is 12.8. The van der Waals surface area contributed by atoms with Crippen LogP contribution in [0.5, 0.6) is 0 Å². The molecule has 0 amide bonds. The van der Waals surface area contributed by atoms with E-state index in [4.69, 9.17) is 0 Å². The summed E-state index contributed by atoms with van der Waals surface area (Å²) in [6, 6.07) is 5.64. The van der Waals surface area contributed by atoms with Crippen molar-refractivity contribution in [3.05, 3.63) is 69.6 Å². The molecule has 0 unspecified atom stereocenters. The Morgan fingerprint density at radius 2 is 0.700 bits per heavy atom. The molecule has 0 radical (unpaired) electrons. The molecule has 0 aliphatic heterocycles. The van der Waals surface area contributed by atoms with E-state index < -0.39 is 103 Å². The minimum Gasteiger partial charge on any atom is -0.274 e. The molecule has 0 aliphatic rings. The van der Waals surface area contributed by atoms with Crippen LogP contribution in [0.15, 0.2) is 36.4 Å². The Balaban J connectivity index is 2.01. The number of hydrogen-bond acceptors (Lipinski definition) is 8. The highest BCUT2D eigenvalue weighted by atomic mass is 19.4. The molecule has 2 aromatic carbocycles. The minimum atomic E-state index is -5.38. The molecule has 0 saturated carbocycles. The van der Waals surface area contributed by atoms with Gasteiger partial charge >= 0.3 is 24.7 Å². The van der Waals surface area contributed by atoms with Crippen molar-refractivity contribution in [2.45, 2.75) is 24.7 Å². The van der Waals surface area contributed by atoms with E-state index in [1.807, 2.05) is 0 Å². The van der Waals surface area contributed by atoms with Crippen molar-refractivity contribution < 1.29 is 52.7 Å². The molecule has 3 aromatic heterocycles. The van der Waals surface area contributed by atoms with E-state index >= 15 is 0 Å². The molecule has 0 fully saturated rings. The van der Waals surface area contributed by atoms with Crippen LogP contribution < -0.4 is 11.0 Å². The molecule has 22 heteroatoms. The number of benzene rings is 2. The number of fused-ring (bicyclic) bond motifs is 2. The zero-order valence-electron chi connectivity index (χ0n) is 23.5. The molecular weight excluding hydrogens is 704 g/mol. The van der Waals surface area contributed by atoms with Gasteiger partial charge in [0.2, 0.25) is 11.3 Å². The first-order chi connectivity index (χ1) is 23.1. The lowest BCUT2D eigenvalue weighted by atomic mass is 10.1. The summed E-state index contributed by atoms with van der Waals surface area (Å²) in [5, 5.41) is 38.0. The minimum absolute atomic E-state index is 0.181. The Labute approximate surface area is 266 Å². The van der Waals surface area contributed by atoms with Gasteiger partial charge in [0.1, 0.15) is 24.3 Å². The standard InChI is InChI=1S/C28H6F12N10/c29-25(30,31)13-1-14(26(32,33)34)4-17(3-13)49-21(11(7-41)8-42)45-19-23(49)47-20-24(48-19)50(22(46-20)12(9-43)10-44)18-5-15(27(35,36)37)2-16(6-18)28(38,39)40/h1-6H. The Hall–Kier alpha value is -6.68. The largest absolute Gasteiger partial charge is 0.416 e. The summed E-state index contributed by atoms with van der Waals surface area (Å²) in [4.78, 5) is 15.5. The van der Waals surface area contributed by atoms with Crippen LogP contribution in [0.1, 0.15) is 22.3 Å². The lowest BCUT2D eigenvalue weighted by Crippen LogP contribution is -2.22. The number of hydrogen-bond donors (Lipinski definition) is 0. The highest BCUT2D eigenvalue weighted by Gasteiger charge is 2.39. The van der Waals surface area contributed by atoms with Gasteiger partial charge in [-0.15, -0.1) is 0 Å². The number of nitriles is 4. The van der Waals surface area contributed by atoms with Gasteiger partial charge in [-0.05, 0) is 36.4 Å². The van der Waals surface area contributed by atoms with E-state index in [1.165, 1.54) is 24.3 Å². The van der Waals surface area contributed by atoms with Gasteiger partial charge in [0, 0.05) is 0 Å². The summed E-state index contributed by atoms with van der Waals surface area (Å²) in [7, 11) is 0. The SMILES string of the molecule is N#CC(C#N)=c1nc2nc3c(nc(=C(C#N)C#N)n3-c3cc(C(F)(F)F)cc(C(F)(F)F)c3)nc2n1-c1cc(C(F)(F)F)cc(C(F)(F)F)c1. The summed E-state index contributed by atoms with van der Waals surface area (Å²) in [6.45, 7) is 0. The van der Waals surface area contributed by atoms with Crippen LogP contribution >= 0.6 is 0 Å². The number of nitrogens with zero attached hydrogens (tertiary/aromatic N) is 10. The first-order valence-corrected chi connectivity index (χ1v) is 12.8. The maximum Gasteiger partial charge on any atom is 0.416 e. The summed E-state index contributed by atoms with van der Waals surface area (Å²) in [5.41, 5.74) is -16.6. The van der Waals surface area contributed by atoms with Gasteiger partial charge in [-0.2, -0.15) is 73.7 Å². The topological polar surface area (TPSA) is 157 Å². The lowest BCUT2D eigenvalue weighted by molar-refractivity contribution is -0.144. The average Bonchev–Trinajstić information content (AvgIpc) is 3.56. The second kappa shape index (κ2) is 11.5. The predicted molar refractivity (Wildman–Crippen MR) is 140 cm³/mol. The van der Waals surface area contributed by atoms with Gasteiger partial charge in [-0.25, -0.2) is 19.9 Å². The average molecular weight is 710 g/mol. The first kappa shape index (κ1) is 34.6. The van der Waals surface area contributed by atoms with Crippen molar-refractivity contribution in [2.75, 3.05) is 0 Å². The fourth-order valence-corrected chi connectivity index (χ4v) is 4.56. The van der Waals surface area contributed by atoms with Gasteiger partial charge in [0.05, 0.1) is 33.6 Å². The maximum absolute atomic E-state index is 13.7. The number of alkyl halides is 12. The van der Waals surface area contributed by atoms with E-state index in [2.05, 4.69) is 19.9 Å². The molecule has 5 rings (SSSR count). The van der Waals surface area contributed by atoms with Crippen molar-refractivity contribution in [3.63, 3.8) is 0 Å². The van der Waals surface area contributed by atoms with E-state index in [9.17, 15) is 73.7 Å². The monoisotopic (exact) mass is 710 g/mol. The zero-order valence-corrected chi connectivity index (χ0v) is 23.5. The van der Waals surface area contributed by atoms with Crippen LogP contribution in [0.25, 0.3) is 45.1 Å². The fourth-order valence-electron chi connectivity index (χ4n) is 4.56. The number of aromatic nitrogens is 6. The number of imidazole rings is 2. The highest BCUT2D eigenvalue weighted by molar-refractivity contribution is 5.84. The Kier molecular flexibility index (Phi) is 7.96. The van der Waals surface area contributed by atoms with Crippen LogP contribution in [-0.2, 0) is 24.7 Å². The number of rotatable bonds is 2. The van der Waals surface area contributed by atoms with Crippen molar-refractivity contribution in [2.24, 2.45) is 0 Å². The van der Waals surface area contributed by atoms with Crippen molar-refractivity contribution in [3.8, 4) is 35.7 Å². The van der Waals surface area contributed by atoms with Gasteiger partial charge < -0.3 is 0 Å². The molecule has 0 saturated heterocycles. The molecule has 50 heavy (non-hydrogen) atoms. The Bertz CT molecular complexity index is 2270. The molecular formula is C28H6F12N10. The third-order valence-corrected chi connectivity index (χ3v) is 6.65. The Morgan fingerprint density at radius 1 is 0.440 bits per heavy atom. The van der Waals surface area contributed by atoms with Gasteiger partial charge in [0.25, 0.3) is 0 Å².